The summed E-state index contributed by atoms with van der Waals surface area (Å²) in [7, 11) is 3.22. The number of methoxy groups -OCH3 is 2. The van der Waals surface area contributed by atoms with Crippen LogP contribution >= 0.6 is 0 Å². The van der Waals surface area contributed by atoms with E-state index in [0.717, 1.165) is 23.2 Å². The molecule has 2 aromatic carbocycles. The van der Waals surface area contributed by atoms with E-state index in [1.807, 2.05) is 49.4 Å². The number of carbonyl (C=O) groups is 1. The van der Waals surface area contributed by atoms with E-state index in [1.54, 1.807) is 14.2 Å². The maximum absolute atomic E-state index is 11.9. The summed E-state index contributed by atoms with van der Waals surface area (Å²) >= 11 is 0. The third kappa shape index (κ3) is 5.69. The summed E-state index contributed by atoms with van der Waals surface area (Å²) in [6, 6.07) is 13.6. The molecule has 0 aromatic heterocycles. The van der Waals surface area contributed by atoms with Crippen molar-refractivity contribution >= 4 is 11.6 Å². The van der Waals surface area contributed by atoms with Crippen molar-refractivity contribution in [3.05, 3.63) is 53.6 Å². The Labute approximate surface area is 148 Å². The lowest BCUT2D eigenvalue weighted by atomic mass is 10.1. The van der Waals surface area contributed by atoms with Crippen LogP contribution in [-0.4, -0.2) is 33.2 Å². The van der Waals surface area contributed by atoms with Gasteiger partial charge in [0.05, 0.1) is 20.8 Å². The number of ether oxygens (including phenoxy) is 2. The third-order valence-corrected chi connectivity index (χ3v) is 3.80. The van der Waals surface area contributed by atoms with E-state index in [-0.39, 0.29) is 12.5 Å². The fourth-order valence-electron chi connectivity index (χ4n) is 2.40. The van der Waals surface area contributed by atoms with E-state index in [2.05, 4.69) is 16.2 Å². The van der Waals surface area contributed by atoms with Crippen molar-refractivity contribution in [1.29, 1.82) is 0 Å². The predicted molar refractivity (Wildman–Crippen MR) is 99.1 cm³/mol. The van der Waals surface area contributed by atoms with Crippen molar-refractivity contribution in [3.63, 3.8) is 0 Å². The van der Waals surface area contributed by atoms with Gasteiger partial charge in [-0.3, -0.25) is 10.2 Å². The number of hydrogen-bond donors (Lipinski definition) is 3. The monoisotopic (exact) mass is 343 g/mol. The number of anilines is 1. The molecule has 2 rings (SSSR count). The summed E-state index contributed by atoms with van der Waals surface area (Å²) < 4.78 is 10.5. The van der Waals surface area contributed by atoms with Crippen LogP contribution in [-0.2, 0) is 11.2 Å². The Bertz CT molecular complexity index is 704. The van der Waals surface area contributed by atoms with Crippen molar-refractivity contribution in [3.8, 4) is 11.5 Å². The van der Waals surface area contributed by atoms with Crippen LogP contribution in [0.25, 0.3) is 0 Å². The Kier molecular flexibility index (Phi) is 7.10. The van der Waals surface area contributed by atoms with Crippen LogP contribution in [0.15, 0.2) is 42.5 Å². The van der Waals surface area contributed by atoms with Gasteiger partial charge in [-0.1, -0.05) is 24.3 Å². The molecule has 0 aliphatic heterocycles. The maximum atomic E-state index is 11.9. The largest absolute Gasteiger partial charge is 0.493 e. The normalized spacial score (nSPS) is 10.2. The van der Waals surface area contributed by atoms with Gasteiger partial charge in [-0.2, -0.15) is 0 Å². The highest BCUT2D eigenvalue weighted by molar-refractivity contribution is 5.80. The fraction of sp³-hybridized carbons (Fsp3) is 0.316. The summed E-state index contributed by atoms with van der Waals surface area (Å²) in [5.74, 6) is 1.29. The van der Waals surface area contributed by atoms with Crippen LogP contribution in [0.2, 0.25) is 0 Å². The Balaban J connectivity index is 1.70. The zero-order valence-electron chi connectivity index (χ0n) is 14.9. The van der Waals surface area contributed by atoms with Gasteiger partial charge in [0.25, 0.3) is 5.91 Å². The number of rotatable bonds is 9. The van der Waals surface area contributed by atoms with Crippen LogP contribution in [0, 0.1) is 6.92 Å². The topological polar surface area (TPSA) is 71.6 Å². The Hall–Kier alpha value is -2.73. The molecule has 0 fully saturated rings. The third-order valence-electron chi connectivity index (χ3n) is 3.80. The van der Waals surface area contributed by atoms with Gasteiger partial charge in [0.2, 0.25) is 0 Å². The standard InChI is InChI=1S/C19H25N3O3/c1-14-6-4-5-7-16(14)20-13-19(23)22-21-11-10-15-8-9-17(24-2)18(12-15)25-3/h4-9,12,20-21H,10-11,13H2,1-3H3,(H,22,23). The molecule has 134 valence electrons. The van der Waals surface area contributed by atoms with Gasteiger partial charge >= 0.3 is 0 Å². The minimum atomic E-state index is -0.115. The molecule has 0 heterocycles. The molecule has 0 atom stereocenters. The highest BCUT2D eigenvalue weighted by atomic mass is 16.5. The summed E-state index contributed by atoms with van der Waals surface area (Å²) in [5.41, 5.74) is 8.79. The van der Waals surface area contributed by atoms with Crippen LogP contribution in [0.4, 0.5) is 5.69 Å². The Morgan fingerprint density at radius 1 is 1.04 bits per heavy atom. The minimum absolute atomic E-state index is 0.115. The molecular formula is C19H25N3O3. The molecule has 6 nitrogen and oxygen atoms in total. The highest BCUT2D eigenvalue weighted by Crippen LogP contribution is 2.27. The average Bonchev–Trinajstić information content (AvgIpc) is 2.64. The first-order chi connectivity index (χ1) is 12.1. The Morgan fingerprint density at radius 2 is 1.80 bits per heavy atom. The second kappa shape index (κ2) is 9.54. The zero-order valence-corrected chi connectivity index (χ0v) is 14.9. The van der Waals surface area contributed by atoms with Gasteiger partial charge in [-0.25, -0.2) is 5.43 Å². The first-order valence-electron chi connectivity index (χ1n) is 8.16. The van der Waals surface area contributed by atoms with E-state index >= 15 is 0 Å². The molecule has 0 radical (unpaired) electrons. The minimum Gasteiger partial charge on any atom is -0.493 e. The molecule has 2 aromatic rings. The van der Waals surface area contributed by atoms with E-state index in [9.17, 15) is 4.79 Å². The number of benzene rings is 2. The second-order valence-corrected chi connectivity index (χ2v) is 5.58. The molecule has 0 spiro atoms. The van der Waals surface area contributed by atoms with Crippen LogP contribution < -0.4 is 25.6 Å². The molecule has 0 saturated heterocycles. The average molecular weight is 343 g/mol. The molecule has 0 aliphatic carbocycles. The first-order valence-corrected chi connectivity index (χ1v) is 8.16. The number of nitrogens with one attached hydrogen (secondary N) is 3. The smallest absolute Gasteiger partial charge is 0.253 e. The van der Waals surface area contributed by atoms with Crippen molar-refractivity contribution in [2.45, 2.75) is 13.3 Å². The van der Waals surface area contributed by atoms with Gasteiger partial charge in [-0.15, -0.1) is 0 Å². The van der Waals surface area contributed by atoms with Gasteiger partial charge in [0, 0.05) is 12.2 Å². The highest BCUT2D eigenvalue weighted by Gasteiger charge is 2.05. The van der Waals surface area contributed by atoms with Gasteiger partial charge in [0.1, 0.15) is 0 Å². The fourth-order valence-corrected chi connectivity index (χ4v) is 2.40. The first kappa shape index (κ1) is 18.6. The molecule has 1 amide bonds. The summed E-state index contributed by atoms with van der Waals surface area (Å²) in [4.78, 5) is 11.9. The molecule has 0 unspecified atom stereocenters. The molecule has 0 aliphatic rings. The number of para-hydroxylation sites is 1. The molecular weight excluding hydrogens is 318 g/mol. The van der Waals surface area contributed by atoms with E-state index in [0.29, 0.717) is 18.0 Å². The predicted octanol–water partition coefficient (Wildman–Crippen LogP) is 2.29. The quantitative estimate of drug-likeness (QED) is 0.481. The van der Waals surface area contributed by atoms with E-state index in [1.165, 1.54) is 0 Å². The lowest BCUT2D eigenvalue weighted by Gasteiger charge is -2.12. The van der Waals surface area contributed by atoms with Crippen LogP contribution in [0.3, 0.4) is 0 Å². The summed E-state index contributed by atoms with van der Waals surface area (Å²) in [5, 5.41) is 3.12. The molecule has 0 saturated carbocycles. The number of hydrogen-bond acceptors (Lipinski definition) is 5. The van der Waals surface area contributed by atoms with Crippen molar-refractivity contribution in [2.24, 2.45) is 0 Å². The number of aryl methyl sites for hydroxylation is 1. The molecule has 0 bridgehead atoms. The van der Waals surface area contributed by atoms with Gasteiger partial charge in [0.15, 0.2) is 11.5 Å². The van der Waals surface area contributed by atoms with Gasteiger partial charge < -0.3 is 14.8 Å². The number of amides is 1. The lowest BCUT2D eigenvalue weighted by Crippen LogP contribution is -2.41. The van der Waals surface area contributed by atoms with Crippen molar-refractivity contribution in [2.75, 3.05) is 32.6 Å². The summed E-state index contributed by atoms with van der Waals surface area (Å²) in [6.45, 7) is 2.83. The lowest BCUT2D eigenvalue weighted by molar-refractivity contribution is -0.120. The number of carbonyl (C=O) groups excluding carboxylic acids is 1. The molecule has 25 heavy (non-hydrogen) atoms. The Morgan fingerprint density at radius 3 is 2.52 bits per heavy atom. The second-order valence-electron chi connectivity index (χ2n) is 5.58. The number of hydrazine groups is 1. The van der Waals surface area contributed by atoms with Crippen molar-refractivity contribution < 1.29 is 14.3 Å². The maximum Gasteiger partial charge on any atom is 0.253 e. The van der Waals surface area contributed by atoms with Gasteiger partial charge in [-0.05, 0) is 42.7 Å². The summed E-state index contributed by atoms with van der Waals surface area (Å²) in [6.07, 6.45) is 0.756. The van der Waals surface area contributed by atoms with E-state index < -0.39 is 0 Å². The SMILES string of the molecule is COc1ccc(CCNNC(=O)CNc2ccccc2C)cc1OC. The van der Waals surface area contributed by atoms with Crippen LogP contribution in [0.1, 0.15) is 11.1 Å². The van der Waals surface area contributed by atoms with E-state index in [4.69, 9.17) is 9.47 Å². The zero-order chi connectivity index (χ0) is 18.1. The van der Waals surface area contributed by atoms with Crippen molar-refractivity contribution in [1.82, 2.24) is 10.9 Å². The molecule has 6 heteroatoms. The molecule has 3 N–H and O–H groups in total. The van der Waals surface area contributed by atoms with Crippen LogP contribution in [0.5, 0.6) is 11.5 Å².